The first kappa shape index (κ1) is 33.4. The quantitative estimate of drug-likeness (QED) is 0.154. The second kappa shape index (κ2) is 14.6. The van der Waals surface area contributed by atoms with Crippen LogP contribution in [0.25, 0.3) is 39.0 Å². The number of allylic oxidation sites excluding steroid dienone is 4. The minimum absolute atomic E-state index is 0.276. The molecule has 0 aromatic heterocycles. The van der Waals surface area contributed by atoms with E-state index in [-0.39, 0.29) is 5.92 Å². The van der Waals surface area contributed by atoms with E-state index in [9.17, 15) is 0 Å². The van der Waals surface area contributed by atoms with Gasteiger partial charge in [0.05, 0.1) is 0 Å². The maximum Gasteiger partial charge on any atom is 0.0497 e. The van der Waals surface area contributed by atoms with Crippen molar-refractivity contribution < 1.29 is 0 Å². The highest BCUT2D eigenvalue weighted by Gasteiger charge is 2.36. The van der Waals surface area contributed by atoms with E-state index in [1.54, 1.807) is 0 Å². The SMILES string of the molecule is C1=C(c2ccccc2)CC2C(=C1)N(c1ccccc1)c1ccc(-c3ccc(N(c4ccc(-c5ccccc5)cc4)c4ccc(-c5ccccc5)cc4)cc3)cc12. The Morgan fingerprint density at radius 1 is 0.375 bits per heavy atom. The Bertz CT molecular complexity index is 2580. The second-order valence-corrected chi connectivity index (χ2v) is 14.6. The van der Waals surface area contributed by atoms with Crippen LogP contribution < -0.4 is 9.80 Å². The van der Waals surface area contributed by atoms with Crippen LogP contribution in [0.15, 0.2) is 230 Å². The summed E-state index contributed by atoms with van der Waals surface area (Å²) < 4.78 is 0. The summed E-state index contributed by atoms with van der Waals surface area (Å²) >= 11 is 0. The molecule has 0 saturated carbocycles. The first-order valence-corrected chi connectivity index (χ1v) is 19.4. The summed E-state index contributed by atoms with van der Waals surface area (Å²) in [5, 5.41) is 0. The number of nitrogens with zero attached hydrogens (tertiary/aromatic N) is 2. The van der Waals surface area contributed by atoms with Crippen LogP contribution in [0, 0.1) is 0 Å². The van der Waals surface area contributed by atoms with Crippen molar-refractivity contribution >= 4 is 34.0 Å². The van der Waals surface area contributed by atoms with Crippen LogP contribution in [0.4, 0.5) is 28.4 Å². The predicted molar refractivity (Wildman–Crippen MR) is 236 cm³/mol. The normalized spacial score (nSPS) is 14.4. The standard InChI is InChI=1S/C54H40N2/c1-5-13-39(14-6-1)42-21-29-48(30-22-42)55(49-31-23-43(24-32-49)40-15-7-2-8-16-40)50-33-25-44(26-34-50)46-28-36-54-52(38-46)51-37-45(41-17-9-3-10-18-41)27-35-53(51)56(54)47-19-11-4-12-20-47/h1-36,38,51H,37H2. The number of para-hydroxylation sites is 1. The van der Waals surface area contributed by atoms with Crippen LogP contribution in [0.2, 0.25) is 0 Å². The third kappa shape index (κ3) is 6.32. The Morgan fingerprint density at radius 2 is 0.786 bits per heavy atom. The molecule has 8 aromatic rings. The molecule has 2 aliphatic rings. The molecule has 8 aromatic carbocycles. The van der Waals surface area contributed by atoms with Gasteiger partial charge in [0.2, 0.25) is 0 Å². The van der Waals surface area contributed by atoms with Crippen molar-refractivity contribution in [1.82, 2.24) is 0 Å². The van der Waals surface area contributed by atoms with E-state index in [4.69, 9.17) is 0 Å². The van der Waals surface area contributed by atoms with Gasteiger partial charge in [-0.1, -0.05) is 158 Å². The topological polar surface area (TPSA) is 6.48 Å². The molecule has 1 atom stereocenters. The van der Waals surface area contributed by atoms with Crippen molar-refractivity contribution in [3.05, 3.63) is 241 Å². The van der Waals surface area contributed by atoms with Crippen molar-refractivity contribution in [2.75, 3.05) is 9.80 Å². The van der Waals surface area contributed by atoms with Gasteiger partial charge in [0, 0.05) is 40.1 Å². The number of rotatable bonds is 8. The van der Waals surface area contributed by atoms with Gasteiger partial charge in [0.15, 0.2) is 0 Å². The summed E-state index contributed by atoms with van der Waals surface area (Å²) in [6.07, 6.45) is 5.62. The van der Waals surface area contributed by atoms with Gasteiger partial charge in [-0.2, -0.15) is 0 Å². The Kier molecular flexibility index (Phi) is 8.70. The highest BCUT2D eigenvalue weighted by molar-refractivity contribution is 5.86. The minimum Gasteiger partial charge on any atom is -0.313 e. The average molecular weight is 717 g/mol. The lowest BCUT2D eigenvalue weighted by Crippen LogP contribution is -2.15. The van der Waals surface area contributed by atoms with Crippen LogP contribution in [-0.4, -0.2) is 0 Å². The molecule has 1 heterocycles. The first-order valence-electron chi connectivity index (χ1n) is 19.4. The molecule has 0 fully saturated rings. The lowest BCUT2D eigenvalue weighted by atomic mass is 9.84. The fourth-order valence-electron chi connectivity index (χ4n) is 8.40. The zero-order valence-electron chi connectivity index (χ0n) is 31.0. The summed E-state index contributed by atoms with van der Waals surface area (Å²) in [5.74, 6) is 0.276. The summed E-state index contributed by atoms with van der Waals surface area (Å²) in [7, 11) is 0. The molecule has 0 N–H and O–H groups in total. The maximum absolute atomic E-state index is 2.45. The highest BCUT2D eigenvalue weighted by Crippen LogP contribution is 2.53. The zero-order valence-corrected chi connectivity index (χ0v) is 31.0. The molecular weight excluding hydrogens is 677 g/mol. The third-order valence-electron chi connectivity index (χ3n) is 11.2. The average Bonchev–Trinajstić information content (AvgIpc) is 3.61. The number of hydrogen-bond acceptors (Lipinski definition) is 2. The largest absolute Gasteiger partial charge is 0.313 e. The molecule has 1 aliphatic carbocycles. The first-order chi connectivity index (χ1) is 27.8. The Hall–Kier alpha value is -7.16. The Balaban J connectivity index is 1.00. The lowest BCUT2D eigenvalue weighted by molar-refractivity contribution is 0.832. The molecule has 0 saturated heterocycles. The van der Waals surface area contributed by atoms with Gasteiger partial charge in [0.1, 0.15) is 0 Å². The van der Waals surface area contributed by atoms with Crippen LogP contribution >= 0.6 is 0 Å². The van der Waals surface area contributed by atoms with E-state index in [2.05, 4.69) is 234 Å². The van der Waals surface area contributed by atoms with Gasteiger partial charge in [-0.05, 0) is 123 Å². The van der Waals surface area contributed by atoms with Crippen molar-refractivity contribution in [3.63, 3.8) is 0 Å². The van der Waals surface area contributed by atoms with Crippen molar-refractivity contribution in [1.29, 1.82) is 0 Å². The molecular formula is C54H40N2. The van der Waals surface area contributed by atoms with Gasteiger partial charge >= 0.3 is 0 Å². The summed E-state index contributed by atoms with van der Waals surface area (Å²) in [6, 6.07) is 76.7. The van der Waals surface area contributed by atoms with Crippen molar-refractivity contribution in [2.24, 2.45) is 0 Å². The molecule has 0 radical (unpaired) electrons. The number of anilines is 5. The van der Waals surface area contributed by atoms with Crippen molar-refractivity contribution in [2.45, 2.75) is 12.3 Å². The predicted octanol–water partition coefficient (Wildman–Crippen LogP) is 14.8. The number of benzene rings is 8. The summed E-state index contributed by atoms with van der Waals surface area (Å²) in [4.78, 5) is 4.81. The fourth-order valence-corrected chi connectivity index (χ4v) is 8.40. The third-order valence-corrected chi connectivity index (χ3v) is 11.2. The van der Waals surface area contributed by atoms with Crippen LogP contribution in [0.5, 0.6) is 0 Å². The molecule has 1 unspecified atom stereocenters. The zero-order chi connectivity index (χ0) is 37.3. The number of hydrogen-bond donors (Lipinski definition) is 0. The Labute approximate surface area is 329 Å². The van der Waals surface area contributed by atoms with Crippen molar-refractivity contribution in [3.8, 4) is 33.4 Å². The van der Waals surface area contributed by atoms with E-state index in [1.165, 1.54) is 67.2 Å². The van der Waals surface area contributed by atoms with E-state index >= 15 is 0 Å². The van der Waals surface area contributed by atoms with Gasteiger partial charge in [-0.25, -0.2) is 0 Å². The molecule has 2 nitrogen and oxygen atoms in total. The Morgan fingerprint density at radius 3 is 1.29 bits per heavy atom. The van der Waals surface area contributed by atoms with Gasteiger partial charge in [-0.15, -0.1) is 0 Å². The van der Waals surface area contributed by atoms with Crippen LogP contribution in [0.1, 0.15) is 23.5 Å². The highest BCUT2D eigenvalue weighted by atomic mass is 15.2. The van der Waals surface area contributed by atoms with Crippen LogP contribution in [0.3, 0.4) is 0 Å². The van der Waals surface area contributed by atoms with Gasteiger partial charge < -0.3 is 9.80 Å². The van der Waals surface area contributed by atoms with E-state index in [0.717, 1.165) is 23.5 Å². The van der Waals surface area contributed by atoms with E-state index in [0.29, 0.717) is 0 Å². The number of fused-ring (bicyclic) bond motifs is 3. The summed E-state index contributed by atoms with van der Waals surface area (Å²) in [5.41, 5.74) is 18.5. The molecule has 1 aliphatic heterocycles. The van der Waals surface area contributed by atoms with E-state index < -0.39 is 0 Å². The maximum atomic E-state index is 2.45. The smallest absolute Gasteiger partial charge is 0.0497 e. The lowest BCUT2D eigenvalue weighted by Gasteiger charge is -2.26. The molecule has 0 amide bonds. The fraction of sp³-hybridized carbons (Fsp3) is 0.0370. The monoisotopic (exact) mass is 716 g/mol. The molecule has 56 heavy (non-hydrogen) atoms. The van der Waals surface area contributed by atoms with E-state index in [1.807, 2.05) is 0 Å². The minimum atomic E-state index is 0.276. The molecule has 266 valence electrons. The molecule has 2 heteroatoms. The van der Waals surface area contributed by atoms with Gasteiger partial charge in [0.25, 0.3) is 0 Å². The summed E-state index contributed by atoms with van der Waals surface area (Å²) in [6.45, 7) is 0. The second-order valence-electron chi connectivity index (χ2n) is 14.6. The van der Waals surface area contributed by atoms with Gasteiger partial charge in [-0.3, -0.25) is 0 Å². The molecule has 0 bridgehead atoms. The van der Waals surface area contributed by atoms with Crippen LogP contribution in [-0.2, 0) is 0 Å². The molecule has 10 rings (SSSR count). The molecule has 0 spiro atoms.